The molecular formula is C15H20N2Se. The van der Waals surface area contributed by atoms with E-state index < -0.39 is 0 Å². The number of nitrogens with zero attached hydrogens (tertiary/aromatic N) is 1. The van der Waals surface area contributed by atoms with E-state index in [2.05, 4.69) is 41.8 Å². The predicted molar refractivity (Wildman–Crippen MR) is 75.7 cm³/mol. The molecule has 18 heavy (non-hydrogen) atoms. The first-order valence-corrected chi connectivity index (χ1v) is 8.79. The van der Waals surface area contributed by atoms with Crippen molar-refractivity contribution in [3.05, 3.63) is 30.3 Å². The standard InChI is InChI=1S/C15H20N2Se/c16-12-17-15(13-7-3-1-4-8-13)11-18-14-9-5-2-6-10-14/h2,5-6,9-10,13,15,17H,1,3-4,7-8,11H2. The fraction of sp³-hybridized carbons (Fsp3) is 0.533. The normalized spacial score (nSPS) is 17.9. The quantitative estimate of drug-likeness (QED) is 0.515. The molecular weight excluding hydrogens is 287 g/mol. The van der Waals surface area contributed by atoms with Gasteiger partial charge in [0.1, 0.15) is 0 Å². The second-order valence-electron chi connectivity index (χ2n) is 4.88. The molecule has 0 aliphatic heterocycles. The first kappa shape index (κ1) is 13.5. The molecule has 2 nitrogen and oxygen atoms in total. The Morgan fingerprint density at radius 3 is 2.61 bits per heavy atom. The van der Waals surface area contributed by atoms with Gasteiger partial charge in [0.15, 0.2) is 0 Å². The van der Waals surface area contributed by atoms with Crippen LogP contribution < -0.4 is 9.78 Å². The second kappa shape index (κ2) is 7.46. The molecule has 1 aliphatic rings. The first-order valence-electron chi connectivity index (χ1n) is 6.72. The van der Waals surface area contributed by atoms with Gasteiger partial charge < -0.3 is 0 Å². The Balaban J connectivity index is 1.88. The topological polar surface area (TPSA) is 35.8 Å². The Bertz CT molecular complexity index is 379. The first-order chi connectivity index (χ1) is 8.90. The zero-order valence-corrected chi connectivity index (χ0v) is 12.4. The van der Waals surface area contributed by atoms with Gasteiger partial charge in [-0.3, -0.25) is 0 Å². The number of benzene rings is 1. The van der Waals surface area contributed by atoms with Gasteiger partial charge in [0.05, 0.1) is 0 Å². The fourth-order valence-corrected chi connectivity index (χ4v) is 4.88. The molecule has 0 heterocycles. The van der Waals surface area contributed by atoms with Crippen molar-refractivity contribution in [3.8, 4) is 6.19 Å². The van der Waals surface area contributed by atoms with E-state index in [1.807, 2.05) is 0 Å². The van der Waals surface area contributed by atoms with Gasteiger partial charge in [0.25, 0.3) is 0 Å². The molecule has 1 atom stereocenters. The predicted octanol–water partition coefficient (Wildman–Crippen LogP) is 2.45. The van der Waals surface area contributed by atoms with Gasteiger partial charge in [-0.05, 0) is 0 Å². The van der Waals surface area contributed by atoms with Gasteiger partial charge >= 0.3 is 116 Å². The molecule has 0 amide bonds. The molecule has 0 bridgehead atoms. The van der Waals surface area contributed by atoms with E-state index in [-0.39, 0.29) is 0 Å². The summed E-state index contributed by atoms with van der Waals surface area (Å²) in [5.74, 6) is 0.712. The third-order valence-corrected chi connectivity index (χ3v) is 6.02. The van der Waals surface area contributed by atoms with Gasteiger partial charge in [-0.1, -0.05) is 0 Å². The Morgan fingerprint density at radius 1 is 1.22 bits per heavy atom. The molecule has 2 rings (SSSR count). The summed E-state index contributed by atoms with van der Waals surface area (Å²) >= 11 is 0.479. The van der Waals surface area contributed by atoms with E-state index in [0.29, 0.717) is 26.9 Å². The number of hydrogen-bond donors (Lipinski definition) is 1. The molecule has 0 aromatic heterocycles. The summed E-state index contributed by atoms with van der Waals surface area (Å²) < 4.78 is 1.44. The minimum absolute atomic E-state index is 0.399. The molecule has 1 saturated carbocycles. The monoisotopic (exact) mass is 308 g/mol. The zero-order valence-electron chi connectivity index (χ0n) is 10.6. The van der Waals surface area contributed by atoms with Crippen molar-refractivity contribution >= 4 is 19.4 Å². The molecule has 1 fully saturated rings. The number of nitriles is 1. The number of hydrogen-bond acceptors (Lipinski definition) is 2. The number of nitrogens with one attached hydrogen (secondary N) is 1. The average Bonchev–Trinajstić information content (AvgIpc) is 2.45. The van der Waals surface area contributed by atoms with Crippen molar-refractivity contribution in [3.63, 3.8) is 0 Å². The zero-order chi connectivity index (χ0) is 12.6. The van der Waals surface area contributed by atoms with Crippen molar-refractivity contribution in [2.24, 2.45) is 5.92 Å². The molecule has 1 aliphatic carbocycles. The summed E-state index contributed by atoms with van der Waals surface area (Å²) in [5, 5.41) is 13.1. The second-order valence-corrected chi connectivity index (χ2v) is 7.18. The minimum atomic E-state index is 0.399. The van der Waals surface area contributed by atoms with Crippen LogP contribution in [0.1, 0.15) is 32.1 Å². The third kappa shape index (κ3) is 4.05. The van der Waals surface area contributed by atoms with Crippen molar-refractivity contribution < 1.29 is 0 Å². The molecule has 3 heteroatoms. The van der Waals surface area contributed by atoms with Gasteiger partial charge in [0, 0.05) is 0 Å². The Kier molecular flexibility index (Phi) is 5.58. The van der Waals surface area contributed by atoms with Crippen LogP contribution in [0.15, 0.2) is 30.3 Å². The van der Waals surface area contributed by atoms with E-state index in [1.165, 1.54) is 36.6 Å². The Morgan fingerprint density at radius 2 is 1.94 bits per heavy atom. The maximum atomic E-state index is 8.91. The maximum absolute atomic E-state index is 8.91. The summed E-state index contributed by atoms with van der Waals surface area (Å²) in [6.07, 6.45) is 8.81. The molecule has 0 radical (unpaired) electrons. The van der Waals surface area contributed by atoms with Crippen molar-refractivity contribution in [1.82, 2.24) is 5.32 Å². The van der Waals surface area contributed by atoms with Crippen LogP contribution in [0.4, 0.5) is 0 Å². The molecule has 0 saturated heterocycles. The summed E-state index contributed by atoms with van der Waals surface area (Å²) in [4.78, 5) is 0. The number of rotatable bonds is 5. The summed E-state index contributed by atoms with van der Waals surface area (Å²) in [6, 6.07) is 11.1. The van der Waals surface area contributed by atoms with Crippen LogP contribution in [0, 0.1) is 17.4 Å². The van der Waals surface area contributed by atoms with Crippen LogP contribution in [-0.4, -0.2) is 21.0 Å². The Labute approximate surface area is 116 Å². The van der Waals surface area contributed by atoms with E-state index in [0.717, 1.165) is 5.32 Å². The third-order valence-electron chi connectivity index (χ3n) is 3.64. The van der Waals surface area contributed by atoms with E-state index in [9.17, 15) is 0 Å². The van der Waals surface area contributed by atoms with Crippen LogP contribution >= 0.6 is 0 Å². The molecule has 96 valence electrons. The average molecular weight is 307 g/mol. The molecule has 1 aromatic carbocycles. The Hall–Kier alpha value is -0.971. The summed E-state index contributed by atoms with van der Waals surface area (Å²) in [6.45, 7) is 0. The van der Waals surface area contributed by atoms with Crippen LogP contribution in [0.3, 0.4) is 0 Å². The van der Waals surface area contributed by atoms with Crippen LogP contribution in [-0.2, 0) is 0 Å². The molecule has 0 spiro atoms. The summed E-state index contributed by atoms with van der Waals surface area (Å²) in [5.41, 5.74) is 0. The fourth-order valence-electron chi connectivity index (χ4n) is 2.62. The van der Waals surface area contributed by atoms with Crippen molar-refractivity contribution in [2.75, 3.05) is 0 Å². The van der Waals surface area contributed by atoms with E-state index in [4.69, 9.17) is 5.26 Å². The van der Waals surface area contributed by atoms with Crippen LogP contribution in [0.25, 0.3) is 0 Å². The van der Waals surface area contributed by atoms with Crippen molar-refractivity contribution in [2.45, 2.75) is 43.5 Å². The summed E-state index contributed by atoms with van der Waals surface area (Å²) in [7, 11) is 0. The molecule has 1 unspecified atom stereocenters. The van der Waals surface area contributed by atoms with E-state index >= 15 is 0 Å². The van der Waals surface area contributed by atoms with Gasteiger partial charge in [0.2, 0.25) is 0 Å². The van der Waals surface area contributed by atoms with Gasteiger partial charge in [-0.2, -0.15) is 0 Å². The van der Waals surface area contributed by atoms with E-state index in [1.54, 1.807) is 0 Å². The van der Waals surface area contributed by atoms with Crippen LogP contribution in [0.5, 0.6) is 0 Å². The molecule has 1 aromatic rings. The SMILES string of the molecule is N#CNC(C[Se]c1ccccc1)C1CCCCC1. The molecule has 1 N–H and O–H groups in total. The van der Waals surface area contributed by atoms with Crippen molar-refractivity contribution in [1.29, 1.82) is 5.26 Å². The van der Waals surface area contributed by atoms with Gasteiger partial charge in [-0.15, -0.1) is 0 Å². The van der Waals surface area contributed by atoms with Gasteiger partial charge in [-0.25, -0.2) is 0 Å². The van der Waals surface area contributed by atoms with Crippen LogP contribution in [0.2, 0.25) is 5.32 Å².